The lowest BCUT2D eigenvalue weighted by atomic mass is 10.0. The van der Waals surface area contributed by atoms with Gasteiger partial charge in [0.25, 0.3) is 0 Å². The maximum atomic E-state index is 5.91. The molecule has 0 spiro atoms. The molecule has 0 amide bonds. The van der Waals surface area contributed by atoms with Gasteiger partial charge in [0.05, 0.1) is 0 Å². The van der Waals surface area contributed by atoms with Crippen molar-refractivity contribution in [1.82, 2.24) is 9.97 Å². The highest BCUT2D eigenvalue weighted by Gasteiger charge is 2.20. The molecular weight excluding hydrogens is 246 g/mol. The van der Waals surface area contributed by atoms with Gasteiger partial charge in [-0.3, -0.25) is 0 Å². The SMILES string of the molecule is Cc1cnc(Cl)nc1N1CCCc2ccccc21. The Morgan fingerprint density at radius 2 is 2.11 bits per heavy atom. The molecule has 18 heavy (non-hydrogen) atoms. The normalized spacial score (nSPS) is 14.4. The Kier molecular flexibility index (Phi) is 2.92. The fraction of sp³-hybridized carbons (Fsp3) is 0.286. The zero-order valence-electron chi connectivity index (χ0n) is 10.2. The van der Waals surface area contributed by atoms with Crippen LogP contribution in [0.3, 0.4) is 0 Å². The van der Waals surface area contributed by atoms with Gasteiger partial charge in [-0.05, 0) is 43.0 Å². The van der Waals surface area contributed by atoms with Gasteiger partial charge in [0, 0.05) is 24.0 Å². The average molecular weight is 260 g/mol. The number of hydrogen-bond donors (Lipinski definition) is 0. The fourth-order valence-electron chi connectivity index (χ4n) is 2.44. The Labute approximate surface area is 111 Å². The van der Waals surface area contributed by atoms with Gasteiger partial charge in [0.1, 0.15) is 5.82 Å². The van der Waals surface area contributed by atoms with Crippen LogP contribution < -0.4 is 4.90 Å². The molecule has 0 saturated heterocycles. The van der Waals surface area contributed by atoms with Gasteiger partial charge in [-0.25, -0.2) is 4.98 Å². The monoisotopic (exact) mass is 259 g/mol. The zero-order chi connectivity index (χ0) is 12.5. The van der Waals surface area contributed by atoms with Crippen molar-refractivity contribution < 1.29 is 0 Å². The largest absolute Gasteiger partial charge is 0.326 e. The van der Waals surface area contributed by atoms with Crippen molar-refractivity contribution in [2.45, 2.75) is 19.8 Å². The lowest BCUT2D eigenvalue weighted by Crippen LogP contribution is -2.26. The summed E-state index contributed by atoms with van der Waals surface area (Å²) >= 11 is 5.91. The van der Waals surface area contributed by atoms with Crippen molar-refractivity contribution in [3.8, 4) is 0 Å². The van der Waals surface area contributed by atoms with E-state index in [0.717, 1.165) is 30.8 Å². The van der Waals surface area contributed by atoms with Crippen LogP contribution in [0.1, 0.15) is 17.5 Å². The number of aryl methyl sites for hydroxylation is 2. The van der Waals surface area contributed by atoms with E-state index in [0.29, 0.717) is 5.28 Å². The highest BCUT2D eigenvalue weighted by atomic mass is 35.5. The molecule has 1 aliphatic rings. The van der Waals surface area contributed by atoms with Crippen molar-refractivity contribution in [2.75, 3.05) is 11.4 Å². The van der Waals surface area contributed by atoms with E-state index in [1.165, 1.54) is 11.3 Å². The van der Waals surface area contributed by atoms with Crippen LogP contribution in [0.4, 0.5) is 11.5 Å². The molecule has 0 atom stereocenters. The quantitative estimate of drug-likeness (QED) is 0.734. The summed E-state index contributed by atoms with van der Waals surface area (Å²) in [4.78, 5) is 10.6. The molecule has 3 rings (SSSR count). The molecule has 0 N–H and O–H groups in total. The molecule has 1 aliphatic heterocycles. The topological polar surface area (TPSA) is 29.0 Å². The van der Waals surface area contributed by atoms with Crippen LogP contribution in [0.5, 0.6) is 0 Å². The first-order valence-corrected chi connectivity index (χ1v) is 6.48. The zero-order valence-corrected chi connectivity index (χ0v) is 11.0. The molecule has 0 unspecified atom stereocenters. The van der Waals surface area contributed by atoms with Crippen LogP contribution in [0.25, 0.3) is 0 Å². The van der Waals surface area contributed by atoms with E-state index in [-0.39, 0.29) is 0 Å². The van der Waals surface area contributed by atoms with E-state index in [2.05, 4.69) is 39.1 Å². The van der Waals surface area contributed by atoms with Gasteiger partial charge < -0.3 is 4.90 Å². The summed E-state index contributed by atoms with van der Waals surface area (Å²) in [6, 6.07) is 8.47. The molecule has 0 radical (unpaired) electrons. The number of anilines is 2. The van der Waals surface area contributed by atoms with Crippen LogP contribution in [0.2, 0.25) is 5.28 Å². The molecule has 2 aromatic rings. The number of rotatable bonds is 1. The van der Waals surface area contributed by atoms with E-state index in [4.69, 9.17) is 11.6 Å². The number of para-hydroxylation sites is 1. The van der Waals surface area contributed by atoms with Gasteiger partial charge in [0.15, 0.2) is 0 Å². The second-order valence-corrected chi connectivity index (χ2v) is 4.87. The predicted octanol–water partition coefficient (Wildman–Crippen LogP) is 3.52. The molecule has 92 valence electrons. The van der Waals surface area contributed by atoms with E-state index >= 15 is 0 Å². The van der Waals surface area contributed by atoms with Crippen molar-refractivity contribution >= 4 is 23.1 Å². The smallest absolute Gasteiger partial charge is 0.224 e. The van der Waals surface area contributed by atoms with Gasteiger partial charge in [-0.2, -0.15) is 4.98 Å². The van der Waals surface area contributed by atoms with Crippen LogP contribution in [-0.4, -0.2) is 16.5 Å². The third-order valence-corrected chi connectivity index (χ3v) is 3.46. The van der Waals surface area contributed by atoms with E-state index in [1.54, 1.807) is 6.20 Å². The summed E-state index contributed by atoms with van der Waals surface area (Å²) in [6.07, 6.45) is 4.05. The molecule has 1 aromatic carbocycles. The lowest BCUT2D eigenvalue weighted by molar-refractivity contribution is 0.756. The molecule has 4 heteroatoms. The average Bonchev–Trinajstić information content (AvgIpc) is 2.41. The summed E-state index contributed by atoms with van der Waals surface area (Å²) in [5.74, 6) is 0.919. The van der Waals surface area contributed by atoms with Gasteiger partial charge in [0.2, 0.25) is 5.28 Å². The number of halogens is 1. The molecular formula is C14H14ClN3. The van der Waals surface area contributed by atoms with Crippen LogP contribution in [0, 0.1) is 6.92 Å². The molecule has 0 bridgehead atoms. The van der Waals surface area contributed by atoms with Crippen molar-refractivity contribution in [3.63, 3.8) is 0 Å². The van der Waals surface area contributed by atoms with Gasteiger partial charge in [-0.15, -0.1) is 0 Å². The molecule has 0 fully saturated rings. The fourth-order valence-corrected chi connectivity index (χ4v) is 2.57. The number of benzene rings is 1. The third kappa shape index (κ3) is 1.95. The van der Waals surface area contributed by atoms with E-state index in [9.17, 15) is 0 Å². The molecule has 0 aliphatic carbocycles. The first kappa shape index (κ1) is 11.5. The summed E-state index contributed by atoms with van der Waals surface area (Å²) in [5, 5.41) is 0.304. The molecule has 3 nitrogen and oxygen atoms in total. The summed E-state index contributed by atoms with van der Waals surface area (Å²) < 4.78 is 0. The summed E-state index contributed by atoms with van der Waals surface area (Å²) in [6.45, 7) is 2.99. The van der Waals surface area contributed by atoms with Crippen molar-refractivity contribution in [3.05, 3.63) is 46.9 Å². The Bertz CT molecular complexity index is 583. The minimum absolute atomic E-state index is 0.304. The number of nitrogens with zero attached hydrogens (tertiary/aromatic N) is 3. The lowest BCUT2D eigenvalue weighted by Gasteiger charge is -2.31. The minimum Gasteiger partial charge on any atom is -0.326 e. The number of aromatic nitrogens is 2. The van der Waals surface area contributed by atoms with E-state index < -0.39 is 0 Å². The van der Waals surface area contributed by atoms with Gasteiger partial charge in [-0.1, -0.05) is 18.2 Å². The first-order chi connectivity index (χ1) is 8.75. The molecule has 2 heterocycles. The predicted molar refractivity (Wildman–Crippen MR) is 73.5 cm³/mol. The third-order valence-electron chi connectivity index (χ3n) is 3.28. The van der Waals surface area contributed by atoms with Crippen LogP contribution in [0.15, 0.2) is 30.5 Å². The van der Waals surface area contributed by atoms with Crippen molar-refractivity contribution in [1.29, 1.82) is 0 Å². The second-order valence-electron chi connectivity index (χ2n) is 4.53. The summed E-state index contributed by atoms with van der Waals surface area (Å²) in [5.41, 5.74) is 3.66. The molecule has 0 saturated carbocycles. The van der Waals surface area contributed by atoms with Crippen LogP contribution in [-0.2, 0) is 6.42 Å². The standard InChI is InChI=1S/C14H14ClN3/c1-10-9-16-14(15)17-13(10)18-8-4-6-11-5-2-3-7-12(11)18/h2-3,5,7,9H,4,6,8H2,1H3. The number of hydrogen-bond acceptors (Lipinski definition) is 3. The maximum Gasteiger partial charge on any atom is 0.224 e. The Hall–Kier alpha value is -1.61. The van der Waals surface area contributed by atoms with Gasteiger partial charge >= 0.3 is 0 Å². The highest BCUT2D eigenvalue weighted by molar-refractivity contribution is 6.28. The minimum atomic E-state index is 0.304. The molecule has 1 aromatic heterocycles. The van der Waals surface area contributed by atoms with E-state index in [1.807, 2.05) is 6.92 Å². The second kappa shape index (κ2) is 4.58. The summed E-state index contributed by atoms with van der Waals surface area (Å²) in [7, 11) is 0. The number of fused-ring (bicyclic) bond motifs is 1. The Morgan fingerprint density at radius 1 is 1.28 bits per heavy atom. The van der Waals surface area contributed by atoms with Crippen LogP contribution >= 0.6 is 11.6 Å². The Morgan fingerprint density at radius 3 is 3.00 bits per heavy atom. The highest BCUT2D eigenvalue weighted by Crippen LogP contribution is 2.33. The Balaban J connectivity index is 2.11. The van der Waals surface area contributed by atoms with Crippen molar-refractivity contribution in [2.24, 2.45) is 0 Å². The first-order valence-electron chi connectivity index (χ1n) is 6.10. The maximum absolute atomic E-state index is 5.91.